The number of aromatic nitrogens is 1. The molecule has 0 atom stereocenters. The van der Waals surface area contributed by atoms with Crippen molar-refractivity contribution in [2.45, 2.75) is 26.4 Å². The number of hydrogen-bond donors (Lipinski definition) is 1. The van der Waals surface area contributed by atoms with Crippen molar-refractivity contribution in [1.82, 2.24) is 14.8 Å². The maximum atomic E-state index is 12.4. The van der Waals surface area contributed by atoms with Gasteiger partial charge < -0.3 is 14.9 Å². The van der Waals surface area contributed by atoms with Gasteiger partial charge in [0, 0.05) is 45.5 Å². The zero-order valence-electron chi connectivity index (χ0n) is 14.4. The maximum absolute atomic E-state index is 12.4. The van der Waals surface area contributed by atoms with E-state index >= 15 is 0 Å². The van der Waals surface area contributed by atoms with Gasteiger partial charge in [-0.15, -0.1) is 0 Å². The maximum Gasteiger partial charge on any atom is 0.236 e. The molecule has 2 rings (SSSR count). The van der Waals surface area contributed by atoms with Gasteiger partial charge in [0.2, 0.25) is 5.91 Å². The highest BCUT2D eigenvalue weighted by molar-refractivity contribution is 5.78. The first-order valence-corrected chi connectivity index (χ1v) is 8.27. The van der Waals surface area contributed by atoms with Crippen LogP contribution < -0.4 is 4.90 Å². The number of nitrogens with zero attached hydrogens (tertiary/aromatic N) is 4. The quantitative estimate of drug-likeness (QED) is 0.841. The molecule has 1 aliphatic rings. The first-order valence-electron chi connectivity index (χ1n) is 8.27. The molecule has 6 nitrogen and oxygen atoms in total. The molecule has 0 spiro atoms. The third kappa shape index (κ3) is 5.48. The zero-order valence-corrected chi connectivity index (χ0v) is 14.4. The number of piperazine rings is 1. The molecule has 0 bridgehead atoms. The monoisotopic (exact) mass is 320 g/mol. The molecule has 128 valence electrons. The number of likely N-dealkylation sites (N-methyl/N-ethyl adjacent to an activating group) is 1. The Hall–Kier alpha value is -1.66. The fourth-order valence-electron chi connectivity index (χ4n) is 2.81. The van der Waals surface area contributed by atoms with Gasteiger partial charge in [-0.25, -0.2) is 4.98 Å². The lowest BCUT2D eigenvalue weighted by Crippen LogP contribution is -2.51. The molecule has 23 heavy (non-hydrogen) atoms. The Morgan fingerprint density at radius 2 is 2.00 bits per heavy atom. The number of carbonyl (C=O) groups excluding carboxylic acids is 1. The second-order valence-corrected chi connectivity index (χ2v) is 6.67. The van der Waals surface area contributed by atoms with E-state index < -0.39 is 5.60 Å². The molecule has 1 aromatic rings. The molecule has 2 heterocycles. The Morgan fingerprint density at radius 3 is 2.52 bits per heavy atom. The Balaban J connectivity index is 1.82. The van der Waals surface area contributed by atoms with Crippen LogP contribution in [-0.2, 0) is 4.79 Å². The summed E-state index contributed by atoms with van der Waals surface area (Å²) in [5.74, 6) is 1.08. The molecular formula is C17H28N4O2. The fourth-order valence-corrected chi connectivity index (χ4v) is 2.81. The summed E-state index contributed by atoms with van der Waals surface area (Å²) in [5.41, 5.74) is -0.858. The van der Waals surface area contributed by atoms with Gasteiger partial charge in [-0.3, -0.25) is 9.69 Å². The normalized spacial score (nSPS) is 16.4. The molecule has 0 radical (unpaired) electrons. The van der Waals surface area contributed by atoms with Gasteiger partial charge in [-0.05, 0) is 32.9 Å². The topological polar surface area (TPSA) is 59.9 Å². The number of hydrogen-bond acceptors (Lipinski definition) is 5. The Labute approximate surface area is 138 Å². The third-order valence-corrected chi connectivity index (χ3v) is 4.02. The summed E-state index contributed by atoms with van der Waals surface area (Å²) in [6.07, 6.45) is 1.81. The first kappa shape index (κ1) is 17.7. The van der Waals surface area contributed by atoms with Crippen molar-refractivity contribution >= 4 is 11.7 Å². The smallest absolute Gasteiger partial charge is 0.236 e. The van der Waals surface area contributed by atoms with E-state index in [0.717, 1.165) is 32.0 Å². The molecule has 1 amide bonds. The predicted octanol–water partition coefficient (Wildman–Crippen LogP) is 0.823. The molecule has 1 aliphatic heterocycles. The van der Waals surface area contributed by atoms with Gasteiger partial charge in [0.25, 0.3) is 0 Å². The number of rotatable bonds is 6. The first-order chi connectivity index (χ1) is 10.9. The second kappa shape index (κ2) is 7.75. The van der Waals surface area contributed by atoms with E-state index in [1.807, 2.05) is 25.1 Å². The molecule has 1 saturated heterocycles. The molecule has 0 aromatic carbocycles. The van der Waals surface area contributed by atoms with Crippen molar-refractivity contribution in [1.29, 1.82) is 0 Å². The van der Waals surface area contributed by atoms with Crippen LogP contribution in [0.4, 0.5) is 5.82 Å². The van der Waals surface area contributed by atoms with E-state index in [-0.39, 0.29) is 5.91 Å². The fraction of sp³-hybridized carbons (Fsp3) is 0.647. The summed E-state index contributed by atoms with van der Waals surface area (Å²) in [7, 11) is 0. The Morgan fingerprint density at radius 1 is 1.30 bits per heavy atom. The third-order valence-electron chi connectivity index (χ3n) is 4.02. The minimum absolute atomic E-state index is 0.0842. The predicted molar refractivity (Wildman–Crippen MR) is 91.4 cm³/mol. The lowest BCUT2D eigenvalue weighted by molar-refractivity contribution is -0.135. The van der Waals surface area contributed by atoms with Gasteiger partial charge in [-0.1, -0.05) is 6.07 Å². The highest BCUT2D eigenvalue weighted by Gasteiger charge is 2.24. The lowest BCUT2D eigenvalue weighted by atomic mass is 10.1. The van der Waals surface area contributed by atoms with E-state index in [4.69, 9.17) is 0 Å². The summed E-state index contributed by atoms with van der Waals surface area (Å²) in [5, 5.41) is 9.91. The van der Waals surface area contributed by atoms with Crippen molar-refractivity contribution in [3.05, 3.63) is 24.4 Å². The average Bonchev–Trinajstić information content (AvgIpc) is 2.53. The highest BCUT2D eigenvalue weighted by atomic mass is 16.3. The minimum Gasteiger partial charge on any atom is -0.389 e. The van der Waals surface area contributed by atoms with E-state index in [0.29, 0.717) is 19.6 Å². The lowest BCUT2D eigenvalue weighted by Gasteiger charge is -2.36. The molecule has 1 aromatic heterocycles. The number of amides is 1. The van der Waals surface area contributed by atoms with E-state index in [1.54, 1.807) is 24.9 Å². The second-order valence-electron chi connectivity index (χ2n) is 6.67. The van der Waals surface area contributed by atoms with Crippen LogP contribution in [-0.4, -0.2) is 77.2 Å². The van der Waals surface area contributed by atoms with Crippen molar-refractivity contribution < 1.29 is 9.90 Å². The van der Waals surface area contributed by atoms with Gasteiger partial charge in [0.15, 0.2) is 0 Å². The van der Waals surface area contributed by atoms with Gasteiger partial charge in [-0.2, -0.15) is 0 Å². The van der Waals surface area contributed by atoms with Gasteiger partial charge in [0.1, 0.15) is 5.82 Å². The van der Waals surface area contributed by atoms with Crippen LogP contribution in [0.5, 0.6) is 0 Å². The molecule has 6 heteroatoms. The summed E-state index contributed by atoms with van der Waals surface area (Å²) < 4.78 is 0. The standard InChI is InChI=1S/C17H28N4O2/c1-4-20(14-17(2,3)23)16(22)13-19-9-11-21(12-10-19)15-7-5-6-8-18-15/h5-8,23H,4,9-14H2,1-3H3. The van der Waals surface area contributed by atoms with Gasteiger partial charge in [0.05, 0.1) is 12.1 Å². The number of pyridine rings is 1. The zero-order chi connectivity index (χ0) is 16.9. The van der Waals surface area contributed by atoms with Crippen LogP contribution in [0.3, 0.4) is 0 Å². The largest absolute Gasteiger partial charge is 0.389 e. The number of anilines is 1. The van der Waals surface area contributed by atoms with Crippen LogP contribution >= 0.6 is 0 Å². The Bertz CT molecular complexity index is 493. The highest BCUT2D eigenvalue weighted by Crippen LogP contribution is 2.13. The minimum atomic E-state index is -0.858. The Kier molecular flexibility index (Phi) is 5.96. The molecule has 0 saturated carbocycles. The van der Waals surface area contributed by atoms with E-state index in [2.05, 4.69) is 14.8 Å². The van der Waals surface area contributed by atoms with Crippen LogP contribution in [0.2, 0.25) is 0 Å². The summed E-state index contributed by atoms with van der Waals surface area (Å²) in [6, 6.07) is 5.93. The van der Waals surface area contributed by atoms with Crippen LogP contribution in [0, 0.1) is 0 Å². The molecule has 1 N–H and O–H groups in total. The molecular weight excluding hydrogens is 292 g/mol. The van der Waals surface area contributed by atoms with Crippen molar-refractivity contribution in [3.63, 3.8) is 0 Å². The van der Waals surface area contributed by atoms with Crippen molar-refractivity contribution in [2.75, 3.05) is 50.7 Å². The van der Waals surface area contributed by atoms with Crippen molar-refractivity contribution in [2.24, 2.45) is 0 Å². The summed E-state index contributed by atoms with van der Waals surface area (Å²) in [4.78, 5) is 22.9. The molecule has 1 fully saturated rings. The summed E-state index contributed by atoms with van der Waals surface area (Å²) in [6.45, 7) is 10.3. The average molecular weight is 320 g/mol. The van der Waals surface area contributed by atoms with Crippen LogP contribution in [0.15, 0.2) is 24.4 Å². The van der Waals surface area contributed by atoms with Crippen LogP contribution in [0.25, 0.3) is 0 Å². The molecule has 0 unspecified atom stereocenters. The van der Waals surface area contributed by atoms with E-state index in [9.17, 15) is 9.90 Å². The van der Waals surface area contributed by atoms with E-state index in [1.165, 1.54) is 0 Å². The van der Waals surface area contributed by atoms with Gasteiger partial charge >= 0.3 is 0 Å². The van der Waals surface area contributed by atoms with Crippen molar-refractivity contribution in [3.8, 4) is 0 Å². The number of aliphatic hydroxyl groups is 1. The van der Waals surface area contributed by atoms with Crippen LogP contribution in [0.1, 0.15) is 20.8 Å². The SMILES string of the molecule is CCN(CC(C)(C)O)C(=O)CN1CCN(c2ccccn2)CC1. The summed E-state index contributed by atoms with van der Waals surface area (Å²) >= 11 is 0. The number of carbonyl (C=O) groups is 1. The molecule has 0 aliphatic carbocycles.